The number of carbonyl (C=O) groups excluding carboxylic acids is 1. The first-order valence-corrected chi connectivity index (χ1v) is 11.0. The van der Waals surface area contributed by atoms with Crippen LogP contribution >= 0.6 is 15.9 Å². The van der Waals surface area contributed by atoms with Gasteiger partial charge in [0.25, 0.3) is 5.91 Å². The molecule has 158 valence electrons. The van der Waals surface area contributed by atoms with Gasteiger partial charge in [-0.2, -0.15) is 0 Å². The van der Waals surface area contributed by atoms with Gasteiger partial charge in [0.05, 0.1) is 12.2 Å². The molecule has 0 unspecified atom stereocenters. The topological polar surface area (TPSA) is 68.5 Å². The van der Waals surface area contributed by atoms with Crippen molar-refractivity contribution in [3.05, 3.63) is 40.0 Å². The number of nitrogens with two attached hydrogens (primary N) is 1. The Morgan fingerprint density at radius 2 is 1.86 bits per heavy atom. The number of carbonyl (C=O) groups is 1. The third kappa shape index (κ3) is 5.50. The van der Waals surface area contributed by atoms with Crippen LogP contribution < -0.4 is 10.5 Å². The lowest BCUT2D eigenvalue weighted by molar-refractivity contribution is 0.0644. The van der Waals surface area contributed by atoms with Crippen molar-refractivity contribution in [2.24, 2.45) is 0 Å². The van der Waals surface area contributed by atoms with Gasteiger partial charge in [0.15, 0.2) is 0 Å². The van der Waals surface area contributed by atoms with Crippen LogP contribution in [0.15, 0.2) is 28.7 Å². The molecule has 2 rings (SSSR count). The van der Waals surface area contributed by atoms with Crippen LogP contribution in [0.2, 0.25) is 0 Å². The fraction of sp³-hybridized carbons (Fsp3) is 0.478. The molecule has 1 amide bonds. The maximum absolute atomic E-state index is 13.5. The first-order valence-electron chi connectivity index (χ1n) is 10.2. The second-order valence-corrected chi connectivity index (χ2v) is 8.74. The highest BCUT2D eigenvalue weighted by Gasteiger charge is 2.26. The summed E-state index contributed by atoms with van der Waals surface area (Å²) in [5.74, 6) is 0.445. The number of ether oxygens (including phenoxy) is 1. The average molecular weight is 462 g/mol. The molecule has 0 aliphatic heterocycles. The maximum atomic E-state index is 13.5. The van der Waals surface area contributed by atoms with E-state index < -0.39 is 0 Å². The lowest BCUT2D eigenvalue weighted by Crippen LogP contribution is -2.42. The molecule has 1 aromatic heterocycles. The number of halogens is 1. The molecule has 1 heterocycles. The lowest BCUT2D eigenvalue weighted by atomic mass is 9.97. The maximum Gasteiger partial charge on any atom is 0.254 e. The van der Waals surface area contributed by atoms with E-state index in [-0.39, 0.29) is 18.0 Å². The second kappa shape index (κ2) is 10.1. The number of unbranched alkanes of at least 4 members (excludes halogenated alkanes) is 1. The van der Waals surface area contributed by atoms with E-state index in [2.05, 4.69) is 27.8 Å². The Morgan fingerprint density at radius 3 is 2.45 bits per heavy atom. The normalized spacial score (nSPS) is 11.2. The molecule has 0 bridgehead atoms. The number of hydrogen-bond donors (Lipinski definition) is 1. The van der Waals surface area contributed by atoms with Crippen LogP contribution in [0.5, 0.6) is 5.88 Å². The summed E-state index contributed by atoms with van der Waals surface area (Å²) in [6.45, 7) is 12.7. The van der Waals surface area contributed by atoms with Crippen LogP contribution in [0.3, 0.4) is 0 Å². The number of benzene rings is 1. The Kier molecular flexibility index (Phi) is 8.08. The van der Waals surface area contributed by atoms with Gasteiger partial charge in [0.1, 0.15) is 0 Å². The highest BCUT2D eigenvalue weighted by atomic mass is 79.9. The number of rotatable bonds is 8. The van der Waals surface area contributed by atoms with Crippen LogP contribution in [-0.4, -0.2) is 34.5 Å². The van der Waals surface area contributed by atoms with Crippen LogP contribution in [0, 0.1) is 6.92 Å². The van der Waals surface area contributed by atoms with Crippen molar-refractivity contribution in [3.8, 4) is 17.0 Å². The van der Waals surface area contributed by atoms with E-state index in [0.29, 0.717) is 29.3 Å². The highest BCUT2D eigenvalue weighted by Crippen LogP contribution is 2.38. The van der Waals surface area contributed by atoms with Crippen LogP contribution in [0.25, 0.3) is 11.1 Å². The van der Waals surface area contributed by atoms with Gasteiger partial charge in [-0.05, 0) is 65.3 Å². The minimum absolute atomic E-state index is 0.0306. The van der Waals surface area contributed by atoms with Crippen molar-refractivity contribution in [2.75, 3.05) is 12.3 Å². The molecule has 0 saturated heterocycles. The first-order chi connectivity index (χ1) is 13.7. The van der Waals surface area contributed by atoms with Gasteiger partial charge in [-0.1, -0.05) is 29.3 Å². The quantitative estimate of drug-likeness (QED) is 0.501. The Hall–Kier alpha value is -2.08. The van der Waals surface area contributed by atoms with Gasteiger partial charge in [0, 0.05) is 39.1 Å². The van der Waals surface area contributed by atoms with E-state index >= 15 is 0 Å². The summed E-state index contributed by atoms with van der Waals surface area (Å²) in [5, 5.41) is 0. The number of pyridine rings is 1. The summed E-state index contributed by atoms with van der Waals surface area (Å²) >= 11 is 3.54. The molecule has 6 heteroatoms. The molecule has 0 spiro atoms. The first kappa shape index (κ1) is 23.2. The van der Waals surface area contributed by atoms with Crippen LogP contribution in [0.1, 0.15) is 63.5 Å². The molecule has 0 aliphatic rings. The van der Waals surface area contributed by atoms with Crippen LogP contribution in [-0.2, 0) is 0 Å². The molecular weight excluding hydrogens is 430 g/mol. The number of nitrogen functional groups attached to an aromatic ring is 1. The summed E-state index contributed by atoms with van der Waals surface area (Å²) in [7, 11) is 0. The fourth-order valence-electron chi connectivity index (χ4n) is 3.47. The van der Waals surface area contributed by atoms with E-state index in [9.17, 15) is 4.79 Å². The Labute approximate surface area is 182 Å². The van der Waals surface area contributed by atoms with E-state index in [1.807, 2.05) is 63.8 Å². The third-order valence-corrected chi connectivity index (χ3v) is 5.20. The zero-order chi connectivity index (χ0) is 21.7. The zero-order valence-electron chi connectivity index (χ0n) is 18.3. The number of aromatic nitrogens is 1. The van der Waals surface area contributed by atoms with Gasteiger partial charge in [-0.25, -0.2) is 4.98 Å². The van der Waals surface area contributed by atoms with E-state index in [1.54, 1.807) is 0 Å². The monoisotopic (exact) mass is 461 g/mol. The Bertz CT molecular complexity index is 857. The van der Waals surface area contributed by atoms with E-state index in [1.165, 1.54) is 0 Å². The van der Waals surface area contributed by atoms with Gasteiger partial charge in [-0.3, -0.25) is 4.79 Å². The van der Waals surface area contributed by atoms with Crippen molar-refractivity contribution in [3.63, 3.8) is 0 Å². The summed E-state index contributed by atoms with van der Waals surface area (Å²) in [4.78, 5) is 20.0. The largest absolute Gasteiger partial charge is 0.477 e. The van der Waals surface area contributed by atoms with Gasteiger partial charge in [-0.15, -0.1) is 0 Å². The smallest absolute Gasteiger partial charge is 0.254 e. The van der Waals surface area contributed by atoms with Crippen molar-refractivity contribution < 1.29 is 9.53 Å². The molecule has 0 aliphatic carbocycles. The number of anilines is 1. The predicted octanol–water partition coefficient (Wildman–Crippen LogP) is 5.84. The van der Waals surface area contributed by atoms with Crippen molar-refractivity contribution >= 4 is 27.5 Å². The number of nitrogens with zero attached hydrogens (tertiary/aromatic N) is 2. The molecule has 0 fully saturated rings. The van der Waals surface area contributed by atoms with Gasteiger partial charge in [0.2, 0.25) is 5.88 Å². The lowest BCUT2D eigenvalue weighted by Gasteiger charge is -2.31. The van der Waals surface area contributed by atoms with Gasteiger partial charge < -0.3 is 15.4 Å². The molecule has 5 nitrogen and oxygen atoms in total. The Balaban J connectivity index is 2.67. The second-order valence-electron chi connectivity index (χ2n) is 7.82. The van der Waals surface area contributed by atoms with E-state index in [4.69, 9.17) is 10.5 Å². The third-order valence-electron chi connectivity index (χ3n) is 4.71. The standard InChI is InChI=1S/C23H32BrN3O2/c1-7-8-11-29-22-21(20(25)12-16(6)26-22)19-13-17(24)9-10-18(19)23(28)27(14(2)3)15(4)5/h9-10,12-15H,7-8,11H2,1-6H3,(H2,25,26). The molecule has 29 heavy (non-hydrogen) atoms. The summed E-state index contributed by atoms with van der Waals surface area (Å²) in [6.07, 6.45) is 1.95. The molecule has 2 aromatic rings. The molecular formula is C23H32BrN3O2. The van der Waals surface area contributed by atoms with Crippen LogP contribution in [0.4, 0.5) is 5.69 Å². The molecule has 0 atom stereocenters. The Morgan fingerprint density at radius 1 is 1.21 bits per heavy atom. The van der Waals surface area contributed by atoms with E-state index in [0.717, 1.165) is 28.6 Å². The van der Waals surface area contributed by atoms with Gasteiger partial charge >= 0.3 is 0 Å². The zero-order valence-corrected chi connectivity index (χ0v) is 19.8. The predicted molar refractivity (Wildman–Crippen MR) is 123 cm³/mol. The molecule has 2 N–H and O–H groups in total. The highest BCUT2D eigenvalue weighted by molar-refractivity contribution is 9.10. The number of amides is 1. The SMILES string of the molecule is CCCCOc1nc(C)cc(N)c1-c1cc(Br)ccc1C(=O)N(C(C)C)C(C)C. The summed E-state index contributed by atoms with van der Waals surface area (Å²) in [5.41, 5.74) is 9.74. The van der Waals surface area contributed by atoms with Crippen molar-refractivity contribution in [1.82, 2.24) is 9.88 Å². The van der Waals surface area contributed by atoms with Crippen molar-refractivity contribution in [1.29, 1.82) is 0 Å². The molecule has 1 aromatic carbocycles. The summed E-state index contributed by atoms with van der Waals surface area (Å²) < 4.78 is 6.86. The molecule has 0 saturated carbocycles. The summed E-state index contributed by atoms with van der Waals surface area (Å²) in [6, 6.07) is 7.61. The molecule has 0 radical (unpaired) electrons. The average Bonchev–Trinajstić information content (AvgIpc) is 2.60. The minimum atomic E-state index is -0.0306. The minimum Gasteiger partial charge on any atom is -0.477 e. The number of hydrogen-bond acceptors (Lipinski definition) is 4. The van der Waals surface area contributed by atoms with Crippen molar-refractivity contribution in [2.45, 2.75) is 66.5 Å². The number of aryl methyl sites for hydroxylation is 1. The fourth-order valence-corrected chi connectivity index (χ4v) is 3.83.